The van der Waals surface area contributed by atoms with Crippen molar-refractivity contribution in [2.45, 2.75) is 38.6 Å². The van der Waals surface area contributed by atoms with Crippen LogP contribution < -0.4 is 15.4 Å². The topological polar surface area (TPSA) is 127 Å². The molecule has 4 rings (SSSR count). The predicted octanol–water partition coefficient (Wildman–Crippen LogP) is 3.56. The number of rotatable bonds is 11. The largest absolute Gasteiger partial charge is 0.508 e. The van der Waals surface area contributed by atoms with Gasteiger partial charge in [-0.25, -0.2) is 0 Å². The lowest BCUT2D eigenvalue weighted by Crippen LogP contribution is -2.32. The lowest BCUT2D eigenvalue weighted by molar-refractivity contribution is 0.0946. The van der Waals surface area contributed by atoms with Gasteiger partial charge in [0.15, 0.2) is 0 Å². The highest BCUT2D eigenvalue weighted by Gasteiger charge is 2.14. The average molecular weight is 504 g/mol. The number of phenols is 1. The maximum Gasteiger partial charge on any atom is 0.267 e. The van der Waals surface area contributed by atoms with Crippen molar-refractivity contribution in [2.24, 2.45) is 0 Å². The Morgan fingerprint density at radius 2 is 1.86 bits per heavy atom. The van der Waals surface area contributed by atoms with Gasteiger partial charge >= 0.3 is 0 Å². The number of hydrogen-bond acceptors (Lipinski definition) is 6. The van der Waals surface area contributed by atoms with E-state index in [1.165, 1.54) is 6.07 Å². The number of aliphatic hydroxyl groups excluding tert-OH is 2. The Bertz CT molecular complexity index is 1370. The van der Waals surface area contributed by atoms with Crippen LogP contribution in [0.25, 0.3) is 10.9 Å². The molecule has 0 aliphatic heterocycles. The average Bonchev–Trinajstić information content (AvgIpc) is 3.34. The molecule has 0 saturated heterocycles. The second-order valence-electron chi connectivity index (χ2n) is 9.17. The van der Waals surface area contributed by atoms with E-state index in [0.717, 1.165) is 34.2 Å². The van der Waals surface area contributed by atoms with Gasteiger partial charge in [-0.1, -0.05) is 30.3 Å². The number of carbonyl (C=O) groups is 1. The number of benzene rings is 3. The number of carbonyl (C=O) groups excluding carboxylic acids is 1. The number of para-hydroxylation sites is 1. The number of aromatic nitrogens is 1. The van der Waals surface area contributed by atoms with Gasteiger partial charge in [0.1, 0.15) is 17.2 Å². The number of methoxy groups -OCH3 is 1. The van der Waals surface area contributed by atoms with E-state index in [4.69, 9.17) is 4.74 Å². The normalized spacial score (nSPS) is 12.9. The molecule has 6 N–H and O–H groups in total. The highest BCUT2D eigenvalue weighted by molar-refractivity contribution is 5.98. The summed E-state index contributed by atoms with van der Waals surface area (Å²) in [6.07, 6.45) is -0.0295. The highest BCUT2D eigenvalue weighted by Crippen LogP contribution is 2.23. The van der Waals surface area contributed by atoms with Crippen molar-refractivity contribution in [1.29, 1.82) is 0 Å². The summed E-state index contributed by atoms with van der Waals surface area (Å²) in [6, 6.07) is 20.3. The summed E-state index contributed by atoms with van der Waals surface area (Å²) in [7, 11) is 1.61. The van der Waals surface area contributed by atoms with E-state index in [1.807, 2.05) is 49.4 Å². The summed E-state index contributed by atoms with van der Waals surface area (Å²) < 4.78 is 5.35. The van der Waals surface area contributed by atoms with E-state index in [-0.39, 0.29) is 24.3 Å². The Morgan fingerprint density at radius 1 is 1.05 bits per heavy atom. The quantitative estimate of drug-likeness (QED) is 0.186. The Balaban J connectivity index is 1.33. The first-order valence-electron chi connectivity index (χ1n) is 12.2. The van der Waals surface area contributed by atoms with Gasteiger partial charge < -0.3 is 35.7 Å². The fourth-order valence-corrected chi connectivity index (χ4v) is 4.35. The molecule has 0 fully saturated rings. The van der Waals surface area contributed by atoms with Gasteiger partial charge in [0, 0.05) is 41.2 Å². The summed E-state index contributed by atoms with van der Waals surface area (Å²) in [6.45, 7) is 2.45. The molecule has 37 heavy (non-hydrogen) atoms. The van der Waals surface area contributed by atoms with Crippen molar-refractivity contribution < 1.29 is 24.9 Å². The monoisotopic (exact) mass is 503 g/mol. The molecule has 1 heterocycles. The zero-order chi connectivity index (χ0) is 26.4. The molecule has 0 radical (unpaired) electrons. The van der Waals surface area contributed by atoms with Crippen LogP contribution in [0.1, 0.15) is 45.8 Å². The molecule has 3 aromatic carbocycles. The van der Waals surface area contributed by atoms with Gasteiger partial charge in [-0.05, 0) is 60.9 Å². The molecule has 0 aliphatic carbocycles. The van der Waals surface area contributed by atoms with Crippen LogP contribution in [0, 0.1) is 0 Å². The molecule has 0 unspecified atom stereocenters. The fourth-order valence-electron chi connectivity index (χ4n) is 4.35. The lowest BCUT2D eigenvalue weighted by Gasteiger charge is -2.18. The fraction of sp³-hybridized carbons (Fsp3) is 0.276. The number of fused-ring (bicyclic) bond motifs is 1. The van der Waals surface area contributed by atoms with Gasteiger partial charge in [0.2, 0.25) is 0 Å². The van der Waals surface area contributed by atoms with Crippen LogP contribution >= 0.6 is 0 Å². The van der Waals surface area contributed by atoms with E-state index in [2.05, 4.69) is 21.7 Å². The Kier molecular flexibility index (Phi) is 8.45. The molecule has 0 aliphatic rings. The Hall–Kier alpha value is -3.85. The summed E-state index contributed by atoms with van der Waals surface area (Å²) >= 11 is 0. The molecular formula is C29H33N3O5. The molecule has 1 aromatic heterocycles. The smallest absolute Gasteiger partial charge is 0.267 e. The van der Waals surface area contributed by atoms with Crippen LogP contribution in [0.5, 0.6) is 11.5 Å². The van der Waals surface area contributed by atoms with Gasteiger partial charge in [-0.15, -0.1) is 0 Å². The van der Waals surface area contributed by atoms with Gasteiger partial charge in [0.05, 0.1) is 19.8 Å². The second kappa shape index (κ2) is 11.9. The molecule has 4 aromatic rings. The standard InChI is InChI=1S/C29H33N3O5/c1-18(30-16-27(35)20-8-10-26(34)23(13-20)17-33)11-19-7-9-24-22(12-19)14-25(32-24)29(36)31-15-21-5-3-4-6-28(21)37-2/h3-10,12-14,18,27,30,32-35H,11,15-17H2,1-2H3,(H,31,36)/t18-,27-/m1/s1. The Labute approximate surface area is 215 Å². The van der Waals surface area contributed by atoms with Gasteiger partial charge in [0.25, 0.3) is 5.91 Å². The summed E-state index contributed by atoms with van der Waals surface area (Å²) in [5.41, 5.74) is 4.41. The molecule has 2 atom stereocenters. The third-order valence-electron chi connectivity index (χ3n) is 6.42. The van der Waals surface area contributed by atoms with E-state index in [9.17, 15) is 20.1 Å². The highest BCUT2D eigenvalue weighted by atomic mass is 16.5. The maximum absolute atomic E-state index is 12.7. The summed E-state index contributed by atoms with van der Waals surface area (Å²) in [5, 5.41) is 36.8. The zero-order valence-electron chi connectivity index (χ0n) is 21.0. The van der Waals surface area contributed by atoms with Crippen molar-refractivity contribution in [3.05, 3.63) is 94.7 Å². The molecule has 0 bridgehead atoms. The number of amides is 1. The number of aliphatic hydroxyl groups is 2. The third kappa shape index (κ3) is 6.48. The molecule has 8 heteroatoms. The molecule has 0 spiro atoms. The summed E-state index contributed by atoms with van der Waals surface area (Å²) in [4.78, 5) is 15.9. The third-order valence-corrected chi connectivity index (χ3v) is 6.42. The van der Waals surface area contributed by atoms with Crippen molar-refractivity contribution in [3.8, 4) is 11.5 Å². The first kappa shape index (κ1) is 26.2. The Morgan fingerprint density at radius 3 is 2.65 bits per heavy atom. The second-order valence-corrected chi connectivity index (χ2v) is 9.17. The van der Waals surface area contributed by atoms with Gasteiger partial charge in [-0.3, -0.25) is 4.79 Å². The molecule has 194 valence electrons. The van der Waals surface area contributed by atoms with E-state index >= 15 is 0 Å². The minimum Gasteiger partial charge on any atom is -0.508 e. The van der Waals surface area contributed by atoms with Crippen LogP contribution in [0.2, 0.25) is 0 Å². The predicted molar refractivity (Wildman–Crippen MR) is 143 cm³/mol. The van der Waals surface area contributed by atoms with Crippen LogP contribution in [-0.4, -0.2) is 45.9 Å². The van der Waals surface area contributed by atoms with Crippen LogP contribution in [0.3, 0.4) is 0 Å². The number of aromatic hydroxyl groups is 1. The van der Waals surface area contributed by atoms with E-state index < -0.39 is 6.10 Å². The maximum atomic E-state index is 12.7. The number of aromatic amines is 1. The van der Waals surface area contributed by atoms with Crippen LogP contribution in [0.4, 0.5) is 0 Å². The number of hydrogen-bond donors (Lipinski definition) is 6. The zero-order valence-corrected chi connectivity index (χ0v) is 21.0. The van der Waals surface area contributed by atoms with Crippen molar-refractivity contribution in [3.63, 3.8) is 0 Å². The number of nitrogens with one attached hydrogen (secondary N) is 3. The molecular weight excluding hydrogens is 470 g/mol. The number of ether oxygens (including phenoxy) is 1. The summed E-state index contributed by atoms with van der Waals surface area (Å²) in [5.74, 6) is 0.556. The van der Waals surface area contributed by atoms with Crippen molar-refractivity contribution in [2.75, 3.05) is 13.7 Å². The molecule has 8 nitrogen and oxygen atoms in total. The SMILES string of the molecule is COc1ccccc1CNC(=O)c1cc2cc(C[C@@H](C)NC[C@@H](O)c3ccc(O)c(CO)c3)ccc2[nH]1. The minimum atomic E-state index is -0.766. The van der Waals surface area contributed by atoms with Gasteiger partial charge in [-0.2, -0.15) is 0 Å². The van der Waals surface area contributed by atoms with Crippen molar-refractivity contribution >= 4 is 16.8 Å². The van der Waals surface area contributed by atoms with E-state index in [1.54, 1.807) is 19.2 Å². The van der Waals surface area contributed by atoms with Crippen LogP contribution in [0.15, 0.2) is 66.7 Å². The molecule has 0 saturated carbocycles. The molecule has 1 amide bonds. The van der Waals surface area contributed by atoms with Crippen LogP contribution in [-0.2, 0) is 19.6 Å². The lowest BCUT2D eigenvalue weighted by atomic mass is 10.0. The van der Waals surface area contributed by atoms with Crippen molar-refractivity contribution in [1.82, 2.24) is 15.6 Å². The minimum absolute atomic E-state index is 0.0111. The first-order valence-corrected chi connectivity index (χ1v) is 12.2. The van der Waals surface area contributed by atoms with E-state index in [0.29, 0.717) is 29.9 Å². The first-order chi connectivity index (χ1) is 17.9. The number of H-pyrrole nitrogens is 1.